The van der Waals surface area contributed by atoms with Crippen molar-refractivity contribution >= 4 is 22.6 Å². The highest BCUT2D eigenvalue weighted by Crippen LogP contribution is 2.47. The molecule has 1 aliphatic rings. The summed E-state index contributed by atoms with van der Waals surface area (Å²) in [5, 5.41) is 11.9. The number of halogens is 1. The van der Waals surface area contributed by atoms with Crippen LogP contribution in [-0.4, -0.2) is 18.0 Å². The number of methoxy groups -OCH3 is 1. The molecule has 0 N–H and O–H groups in total. The van der Waals surface area contributed by atoms with Gasteiger partial charge in [-0.3, -0.25) is 10.1 Å². The van der Waals surface area contributed by atoms with E-state index in [9.17, 15) is 19.3 Å². The van der Waals surface area contributed by atoms with E-state index in [2.05, 4.69) is 0 Å². The maximum absolute atomic E-state index is 13.2. The van der Waals surface area contributed by atoms with Gasteiger partial charge in [-0.25, -0.2) is 9.18 Å². The highest BCUT2D eigenvalue weighted by molar-refractivity contribution is 6.09. The summed E-state index contributed by atoms with van der Waals surface area (Å²) >= 11 is 0. The number of nitrogens with zero attached hydrogens (tertiary/aromatic N) is 1. The number of nitro benzene ring substituents is 1. The third-order valence-corrected chi connectivity index (χ3v) is 4.55. The lowest BCUT2D eigenvalue weighted by atomic mass is 10.0. The summed E-state index contributed by atoms with van der Waals surface area (Å²) in [6, 6.07) is 8.46. The van der Waals surface area contributed by atoms with Crippen LogP contribution >= 0.6 is 0 Å². The number of hydrogen-bond donors (Lipinski definition) is 0. The lowest BCUT2D eigenvalue weighted by molar-refractivity contribution is -0.385. The SMILES string of the molecule is COC(=O)c1c(-c2ccc(F)cc2)oc2cc([N+](=O)[O-])c(C3CC3)cc12. The fourth-order valence-electron chi connectivity index (χ4n) is 3.14. The monoisotopic (exact) mass is 355 g/mol. The first kappa shape index (κ1) is 16.3. The zero-order valence-corrected chi connectivity index (χ0v) is 13.8. The van der Waals surface area contributed by atoms with Crippen LogP contribution in [0.2, 0.25) is 0 Å². The van der Waals surface area contributed by atoms with Crippen molar-refractivity contribution in [1.82, 2.24) is 0 Å². The molecule has 3 aromatic rings. The summed E-state index contributed by atoms with van der Waals surface area (Å²) in [6.45, 7) is 0. The third kappa shape index (κ3) is 2.61. The number of hydrogen-bond acceptors (Lipinski definition) is 5. The second-order valence-electron chi connectivity index (χ2n) is 6.24. The molecule has 2 aromatic carbocycles. The van der Waals surface area contributed by atoms with Gasteiger partial charge < -0.3 is 9.15 Å². The van der Waals surface area contributed by atoms with Gasteiger partial charge >= 0.3 is 5.97 Å². The summed E-state index contributed by atoms with van der Waals surface area (Å²) in [7, 11) is 1.25. The average Bonchev–Trinajstić information content (AvgIpc) is 3.41. The van der Waals surface area contributed by atoms with Crippen molar-refractivity contribution < 1.29 is 23.3 Å². The molecule has 1 saturated carbocycles. The first-order chi connectivity index (χ1) is 12.5. The predicted molar refractivity (Wildman–Crippen MR) is 91.6 cm³/mol. The molecule has 4 rings (SSSR count). The average molecular weight is 355 g/mol. The topological polar surface area (TPSA) is 82.6 Å². The second-order valence-corrected chi connectivity index (χ2v) is 6.24. The van der Waals surface area contributed by atoms with E-state index in [4.69, 9.17) is 9.15 Å². The molecule has 0 spiro atoms. The van der Waals surface area contributed by atoms with E-state index in [0.29, 0.717) is 16.5 Å². The molecule has 0 aliphatic heterocycles. The fourth-order valence-corrected chi connectivity index (χ4v) is 3.14. The molecule has 0 unspecified atom stereocenters. The van der Waals surface area contributed by atoms with E-state index in [-0.39, 0.29) is 28.5 Å². The lowest BCUT2D eigenvalue weighted by Gasteiger charge is -2.03. The Kier molecular flexibility index (Phi) is 3.72. The zero-order valence-electron chi connectivity index (χ0n) is 13.8. The van der Waals surface area contributed by atoms with Crippen molar-refractivity contribution in [2.45, 2.75) is 18.8 Å². The molecule has 6 nitrogen and oxygen atoms in total. The van der Waals surface area contributed by atoms with Gasteiger partial charge in [-0.1, -0.05) is 0 Å². The quantitative estimate of drug-likeness (QED) is 0.381. The maximum Gasteiger partial charge on any atom is 0.342 e. The molecule has 1 heterocycles. The lowest BCUT2D eigenvalue weighted by Crippen LogP contribution is -2.02. The number of ether oxygens (including phenoxy) is 1. The van der Waals surface area contributed by atoms with E-state index >= 15 is 0 Å². The summed E-state index contributed by atoms with van der Waals surface area (Å²) in [4.78, 5) is 23.4. The van der Waals surface area contributed by atoms with Crippen LogP contribution < -0.4 is 0 Å². The largest absolute Gasteiger partial charge is 0.465 e. The van der Waals surface area contributed by atoms with Crippen LogP contribution in [0.15, 0.2) is 40.8 Å². The van der Waals surface area contributed by atoms with E-state index in [1.54, 1.807) is 6.07 Å². The highest BCUT2D eigenvalue weighted by atomic mass is 19.1. The number of esters is 1. The fraction of sp³-hybridized carbons (Fsp3) is 0.211. The van der Waals surface area contributed by atoms with Crippen molar-refractivity contribution in [3.63, 3.8) is 0 Å². The van der Waals surface area contributed by atoms with Crippen molar-refractivity contribution in [3.8, 4) is 11.3 Å². The Morgan fingerprint density at radius 3 is 2.54 bits per heavy atom. The van der Waals surface area contributed by atoms with Gasteiger partial charge in [0, 0.05) is 16.5 Å². The Bertz CT molecular complexity index is 1030. The van der Waals surface area contributed by atoms with E-state index in [1.165, 1.54) is 37.4 Å². The summed E-state index contributed by atoms with van der Waals surface area (Å²) < 4.78 is 23.9. The van der Waals surface area contributed by atoms with Crippen LogP contribution in [0.5, 0.6) is 0 Å². The van der Waals surface area contributed by atoms with Crippen LogP contribution in [-0.2, 0) is 4.74 Å². The van der Waals surface area contributed by atoms with Gasteiger partial charge in [0.15, 0.2) is 0 Å². The number of rotatable bonds is 4. The molecule has 0 bridgehead atoms. The zero-order chi connectivity index (χ0) is 18.4. The molecule has 0 atom stereocenters. The minimum atomic E-state index is -0.612. The minimum Gasteiger partial charge on any atom is -0.465 e. The van der Waals surface area contributed by atoms with Gasteiger partial charge in [-0.15, -0.1) is 0 Å². The Balaban J connectivity index is 2.01. The van der Waals surface area contributed by atoms with Crippen molar-refractivity contribution in [2.75, 3.05) is 7.11 Å². The molecule has 0 amide bonds. The summed E-state index contributed by atoms with van der Waals surface area (Å²) in [5.74, 6) is -0.710. The van der Waals surface area contributed by atoms with Gasteiger partial charge in [0.1, 0.15) is 22.7 Å². The van der Waals surface area contributed by atoms with Crippen molar-refractivity contribution in [3.05, 3.63) is 63.5 Å². The summed E-state index contributed by atoms with van der Waals surface area (Å²) in [5.41, 5.74) is 1.47. The van der Waals surface area contributed by atoms with Crippen LogP contribution in [0.25, 0.3) is 22.3 Å². The Hall–Kier alpha value is -3.22. The van der Waals surface area contributed by atoms with E-state index in [0.717, 1.165) is 12.8 Å². The smallest absolute Gasteiger partial charge is 0.342 e. The highest BCUT2D eigenvalue weighted by Gasteiger charge is 2.33. The standard InChI is InChI=1S/C19H14FNO5/c1-25-19(22)17-14-8-13(10-2-3-10)15(21(23)24)9-16(14)26-18(17)11-4-6-12(20)7-5-11/h4-10H,2-3H2,1H3. The predicted octanol–water partition coefficient (Wildman–Crippen LogP) is 4.81. The number of benzene rings is 2. The molecule has 26 heavy (non-hydrogen) atoms. The molecule has 1 aromatic heterocycles. The molecular formula is C19H14FNO5. The number of furan rings is 1. The second kappa shape index (κ2) is 5.94. The summed E-state index contributed by atoms with van der Waals surface area (Å²) in [6.07, 6.45) is 1.76. The number of carbonyl (C=O) groups excluding carboxylic acids is 1. The molecule has 1 fully saturated rings. The Morgan fingerprint density at radius 1 is 1.27 bits per heavy atom. The molecule has 0 saturated heterocycles. The van der Waals surface area contributed by atoms with Gasteiger partial charge in [0.25, 0.3) is 5.69 Å². The van der Waals surface area contributed by atoms with Gasteiger partial charge in [-0.05, 0) is 49.1 Å². The van der Waals surface area contributed by atoms with Crippen molar-refractivity contribution in [2.24, 2.45) is 0 Å². The van der Waals surface area contributed by atoms with Crippen LogP contribution in [0.4, 0.5) is 10.1 Å². The van der Waals surface area contributed by atoms with Crippen LogP contribution in [0, 0.1) is 15.9 Å². The van der Waals surface area contributed by atoms with Gasteiger partial charge in [-0.2, -0.15) is 0 Å². The number of fused-ring (bicyclic) bond motifs is 1. The molecule has 132 valence electrons. The first-order valence-electron chi connectivity index (χ1n) is 8.08. The number of nitro groups is 1. The molecule has 0 radical (unpaired) electrons. The maximum atomic E-state index is 13.2. The van der Waals surface area contributed by atoms with E-state index < -0.39 is 16.7 Å². The normalized spacial score (nSPS) is 13.8. The van der Waals surface area contributed by atoms with Crippen LogP contribution in [0.3, 0.4) is 0 Å². The number of carbonyl (C=O) groups is 1. The molecule has 1 aliphatic carbocycles. The van der Waals surface area contributed by atoms with Gasteiger partial charge in [0.2, 0.25) is 0 Å². The van der Waals surface area contributed by atoms with E-state index in [1.807, 2.05) is 0 Å². The Morgan fingerprint density at radius 2 is 1.96 bits per heavy atom. The molecular weight excluding hydrogens is 341 g/mol. The van der Waals surface area contributed by atoms with Crippen LogP contribution in [0.1, 0.15) is 34.7 Å². The first-order valence-corrected chi connectivity index (χ1v) is 8.08. The Labute approximate surface area is 147 Å². The van der Waals surface area contributed by atoms with Crippen molar-refractivity contribution in [1.29, 1.82) is 0 Å². The molecule has 7 heteroatoms. The minimum absolute atomic E-state index is 0.0178. The third-order valence-electron chi connectivity index (χ3n) is 4.55. The van der Waals surface area contributed by atoms with Gasteiger partial charge in [0.05, 0.1) is 18.1 Å².